The van der Waals surface area contributed by atoms with Crippen molar-refractivity contribution >= 4 is 29.9 Å². The zero-order chi connectivity index (χ0) is 22.3. The Kier molecular flexibility index (Phi) is 9.97. The van der Waals surface area contributed by atoms with Gasteiger partial charge in [0.1, 0.15) is 12.4 Å². The van der Waals surface area contributed by atoms with Crippen LogP contribution in [0.4, 0.5) is 0 Å². The molecule has 2 heterocycles. The average molecular weight is 566 g/mol. The molecule has 4 rings (SSSR count). The van der Waals surface area contributed by atoms with Gasteiger partial charge < -0.3 is 15.2 Å². The molecular formula is C25H40IN7. The van der Waals surface area contributed by atoms with E-state index in [1.165, 1.54) is 43.2 Å². The maximum absolute atomic E-state index is 4.91. The van der Waals surface area contributed by atoms with Crippen LogP contribution in [-0.2, 0) is 20.1 Å². The van der Waals surface area contributed by atoms with E-state index in [0.717, 1.165) is 50.1 Å². The lowest BCUT2D eigenvalue weighted by Gasteiger charge is -2.34. The van der Waals surface area contributed by atoms with E-state index in [4.69, 9.17) is 4.99 Å². The van der Waals surface area contributed by atoms with E-state index in [0.29, 0.717) is 18.6 Å². The van der Waals surface area contributed by atoms with Gasteiger partial charge in [0.25, 0.3) is 0 Å². The molecule has 2 aromatic rings. The summed E-state index contributed by atoms with van der Waals surface area (Å²) in [5.74, 6) is 2.76. The summed E-state index contributed by atoms with van der Waals surface area (Å²) in [5, 5.41) is 15.9. The fourth-order valence-electron chi connectivity index (χ4n) is 4.81. The van der Waals surface area contributed by atoms with Crippen LogP contribution in [-0.4, -0.2) is 50.8 Å². The summed E-state index contributed by atoms with van der Waals surface area (Å²) in [6.45, 7) is 7.97. The van der Waals surface area contributed by atoms with E-state index >= 15 is 0 Å². The van der Waals surface area contributed by atoms with Crippen LogP contribution in [0.3, 0.4) is 0 Å². The number of aliphatic imine (C=N–C) groups is 1. The van der Waals surface area contributed by atoms with Crippen LogP contribution < -0.4 is 10.6 Å². The Labute approximate surface area is 215 Å². The lowest BCUT2D eigenvalue weighted by molar-refractivity contribution is 0.198. The minimum atomic E-state index is 0. The number of aromatic nitrogens is 3. The number of rotatable bonds is 6. The van der Waals surface area contributed by atoms with Crippen LogP contribution in [0.2, 0.25) is 0 Å². The van der Waals surface area contributed by atoms with Gasteiger partial charge in [-0.05, 0) is 45.1 Å². The number of benzene rings is 1. The summed E-state index contributed by atoms with van der Waals surface area (Å²) in [6, 6.07) is 9.86. The molecule has 182 valence electrons. The normalized spacial score (nSPS) is 18.7. The number of likely N-dealkylation sites (tertiary alicyclic amines) is 1. The molecule has 0 unspecified atom stereocenters. The van der Waals surface area contributed by atoms with E-state index in [9.17, 15) is 0 Å². The average Bonchev–Trinajstić information content (AvgIpc) is 3.12. The second-order valence-electron chi connectivity index (χ2n) is 9.55. The molecule has 1 aromatic carbocycles. The smallest absolute Gasteiger partial charge is 0.192 e. The van der Waals surface area contributed by atoms with Crippen LogP contribution in [0.5, 0.6) is 0 Å². The van der Waals surface area contributed by atoms with Crippen LogP contribution in [0.15, 0.2) is 29.3 Å². The SMILES string of the molecule is Cc1cccc(CN2CCC(NC(=NCc3nnc(C)n3C)NC3CCCCC3)CC2)c1.I. The number of nitrogens with one attached hydrogen (secondary N) is 2. The lowest BCUT2D eigenvalue weighted by Crippen LogP contribution is -2.51. The van der Waals surface area contributed by atoms with Gasteiger partial charge in [-0.25, -0.2) is 4.99 Å². The summed E-state index contributed by atoms with van der Waals surface area (Å²) in [5.41, 5.74) is 2.75. The Balaban J connectivity index is 0.00000306. The maximum atomic E-state index is 4.91. The van der Waals surface area contributed by atoms with E-state index in [-0.39, 0.29) is 24.0 Å². The Bertz CT molecular complexity index is 896. The molecule has 1 aliphatic carbocycles. The zero-order valence-corrected chi connectivity index (χ0v) is 22.7. The topological polar surface area (TPSA) is 70.4 Å². The van der Waals surface area contributed by atoms with Crippen molar-refractivity contribution in [1.82, 2.24) is 30.3 Å². The standard InChI is InChI=1S/C25H39N7.HI/c1-19-8-7-9-21(16-19)18-32-14-12-23(13-15-32)28-25(27-22-10-5-4-6-11-22)26-17-24-30-29-20(2)31(24)3;/h7-9,16,22-23H,4-6,10-15,17-18H2,1-3H3,(H2,26,27,28);1H. The molecule has 7 nitrogen and oxygen atoms in total. The first-order valence-electron chi connectivity index (χ1n) is 12.3. The van der Waals surface area contributed by atoms with Crippen molar-refractivity contribution in [3.8, 4) is 0 Å². The molecular weight excluding hydrogens is 525 g/mol. The quantitative estimate of drug-likeness (QED) is 0.314. The third-order valence-corrected chi connectivity index (χ3v) is 6.92. The highest BCUT2D eigenvalue weighted by atomic mass is 127. The Morgan fingerprint density at radius 3 is 2.33 bits per heavy atom. The summed E-state index contributed by atoms with van der Waals surface area (Å²) in [4.78, 5) is 7.48. The maximum Gasteiger partial charge on any atom is 0.192 e. The van der Waals surface area contributed by atoms with E-state index in [1.807, 2.05) is 18.5 Å². The molecule has 33 heavy (non-hydrogen) atoms. The van der Waals surface area contributed by atoms with E-state index in [2.05, 4.69) is 56.9 Å². The van der Waals surface area contributed by atoms with Gasteiger partial charge in [0, 0.05) is 38.8 Å². The Hall–Kier alpha value is -1.68. The number of halogens is 1. The van der Waals surface area contributed by atoms with Gasteiger partial charge in [-0.2, -0.15) is 0 Å². The van der Waals surface area contributed by atoms with Crippen molar-refractivity contribution in [2.24, 2.45) is 12.0 Å². The van der Waals surface area contributed by atoms with Crippen molar-refractivity contribution < 1.29 is 0 Å². The van der Waals surface area contributed by atoms with Gasteiger partial charge in [-0.15, -0.1) is 34.2 Å². The van der Waals surface area contributed by atoms with Crippen molar-refractivity contribution in [1.29, 1.82) is 0 Å². The molecule has 0 spiro atoms. The minimum absolute atomic E-state index is 0. The van der Waals surface area contributed by atoms with Gasteiger partial charge in [0.15, 0.2) is 11.8 Å². The van der Waals surface area contributed by atoms with Crippen LogP contribution in [0, 0.1) is 13.8 Å². The van der Waals surface area contributed by atoms with Gasteiger partial charge in [0.05, 0.1) is 0 Å². The predicted octanol–water partition coefficient (Wildman–Crippen LogP) is 4.08. The molecule has 8 heteroatoms. The molecule has 2 aliphatic rings. The second-order valence-corrected chi connectivity index (χ2v) is 9.55. The van der Waals surface area contributed by atoms with Gasteiger partial charge in [-0.1, -0.05) is 49.1 Å². The van der Waals surface area contributed by atoms with Crippen molar-refractivity contribution in [2.45, 2.75) is 84.0 Å². The third-order valence-electron chi connectivity index (χ3n) is 6.92. The molecule has 2 N–H and O–H groups in total. The fourth-order valence-corrected chi connectivity index (χ4v) is 4.81. The number of guanidine groups is 1. The summed E-state index contributed by atoms with van der Waals surface area (Å²) < 4.78 is 2.02. The largest absolute Gasteiger partial charge is 0.354 e. The first kappa shape index (κ1) is 25.9. The van der Waals surface area contributed by atoms with Crippen LogP contribution in [0.25, 0.3) is 0 Å². The van der Waals surface area contributed by atoms with Crippen molar-refractivity contribution in [3.05, 3.63) is 47.0 Å². The van der Waals surface area contributed by atoms with E-state index < -0.39 is 0 Å². The molecule has 0 amide bonds. The zero-order valence-electron chi connectivity index (χ0n) is 20.4. The van der Waals surface area contributed by atoms with Crippen molar-refractivity contribution in [2.75, 3.05) is 13.1 Å². The van der Waals surface area contributed by atoms with Gasteiger partial charge in [-0.3, -0.25) is 4.90 Å². The lowest BCUT2D eigenvalue weighted by atomic mass is 9.95. The molecule has 1 saturated carbocycles. The third kappa shape index (κ3) is 7.67. The second kappa shape index (κ2) is 12.7. The summed E-state index contributed by atoms with van der Waals surface area (Å²) >= 11 is 0. The number of aryl methyl sites for hydroxylation is 2. The molecule has 0 bridgehead atoms. The molecule has 1 aromatic heterocycles. The van der Waals surface area contributed by atoms with Crippen LogP contribution in [0.1, 0.15) is 67.7 Å². The fraction of sp³-hybridized carbons (Fsp3) is 0.640. The Morgan fingerprint density at radius 1 is 1.00 bits per heavy atom. The monoisotopic (exact) mass is 565 g/mol. The number of nitrogens with zero attached hydrogens (tertiary/aromatic N) is 5. The molecule has 2 fully saturated rings. The van der Waals surface area contributed by atoms with Crippen molar-refractivity contribution in [3.63, 3.8) is 0 Å². The predicted molar refractivity (Wildman–Crippen MR) is 145 cm³/mol. The summed E-state index contributed by atoms with van der Waals surface area (Å²) in [6.07, 6.45) is 8.73. The Morgan fingerprint density at radius 2 is 1.70 bits per heavy atom. The molecule has 1 aliphatic heterocycles. The highest BCUT2D eigenvalue weighted by Crippen LogP contribution is 2.18. The highest BCUT2D eigenvalue weighted by molar-refractivity contribution is 14.0. The van der Waals surface area contributed by atoms with Crippen LogP contribution >= 0.6 is 24.0 Å². The summed E-state index contributed by atoms with van der Waals surface area (Å²) in [7, 11) is 2.01. The van der Waals surface area contributed by atoms with E-state index in [1.54, 1.807) is 0 Å². The number of hydrogen-bond donors (Lipinski definition) is 2. The van der Waals surface area contributed by atoms with Gasteiger partial charge >= 0.3 is 0 Å². The number of piperidine rings is 1. The molecule has 0 radical (unpaired) electrons. The first-order valence-corrected chi connectivity index (χ1v) is 12.3. The number of hydrogen-bond acceptors (Lipinski definition) is 4. The minimum Gasteiger partial charge on any atom is -0.354 e. The molecule has 1 saturated heterocycles. The molecule has 0 atom stereocenters. The first-order chi connectivity index (χ1) is 15.6. The van der Waals surface area contributed by atoms with Gasteiger partial charge in [0.2, 0.25) is 0 Å². The highest BCUT2D eigenvalue weighted by Gasteiger charge is 2.22.